The van der Waals surface area contributed by atoms with Gasteiger partial charge in [-0.3, -0.25) is 4.79 Å². The van der Waals surface area contributed by atoms with Gasteiger partial charge in [-0.1, -0.05) is 19.1 Å². The number of thiocarbonyl (C=S) groups is 1. The van der Waals surface area contributed by atoms with Crippen LogP contribution in [0.5, 0.6) is 0 Å². The number of carbonyl (C=O) groups excluding carboxylic acids is 2. The van der Waals surface area contributed by atoms with E-state index >= 15 is 0 Å². The Balaban J connectivity index is 3.47. The van der Waals surface area contributed by atoms with Crippen LogP contribution in [0.4, 0.5) is 5.69 Å². The maximum atomic E-state index is 12.0. The predicted octanol–water partition coefficient (Wildman–Crippen LogP) is 3.54. The van der Waals surface area contributed by atoms with Gasteiger partial charge in [0, 0.05) is 12.0 Å². The molecule has 0 aliphatic heterocycles. The largest absolute Gasteiger partial charge is 0.467 e. The van der Waals surface area contributed by atoms with Crippen molar-refractivity contribution in [2.75, 3.05) is 12.2 Å². The van der Waals surface area contributed by atoms with Crippen molar-refractivity contribution < 1.29 is 19.2 Å². The molecule has 0 amide bonds. The molecule has 0 aliphatic carbocycles. The molecular formula is C17H23NO4S. The maximum absolute atomic E-state index is 12.0. The summed E-state index contributed by atoms with van der Waals surface area (Å²) in [6.07, 6.45) is 0.532. The van der Waals surface area contributed by atoms with Crippen LogP contribution in [0.15, 0.2) is 12.1 Å². The molecule has 0 fully saturated rings. The highest BCUT2D eigenvalue weighted by molar-refractivity contribution is 7.80. The standard InChI is InChI=1S/C17H23NO4S/c1-7-15(23)22-18(12(4)17(20)21-6)16-10(2)8-9-14(11(16)3)13(5)19/h8-9,12H,7H2,1-6H3. The number of Topliss-reactive ketones (excluding diaryl/α,β-unsaturated/α-hetero) is 1. The van der Waals surface area contributed by atoms with Crippen molar-refractivity contribution in [1.29, 1.82) is 0 Å². The van der Waals surface area contributed by atoms with Crippen LogP contribution in [0.3, 0.4) is 0 Å². The first-order chi connectivity index (χ1) is 10.7. The van der Waals surface area contributed by atoms with Crippen LogP contribution in [0, 0.1) is 13.8 Å². The number of ketones is 1. The number of esters is 1. The zero-order valence-corrected chi connectivity index (χ0v) is 15.2. The van der Waals surface area contributed by atoms with E-state index in [0.29, 0.717) is 22.7 Å². The smallest absolute Gasteiger partial charge is 0.331 e. The Kier molecular flexibility index (Phi) is 6.69. The average molecular weight is 337 g/mol. The first-order valence-corrected chi connectivity index (χ1v) is 7.84. The number of nitrogens with zero attached hydrogens (tertiary/aromatic N) is 1. The Morgan fingerprint density at radius 1 is 1.30 bits per heavy atom. The minimum atomic E-state index is -0.705. The SMILES string of the molecule is CCC(=S)ON(c1c(C)ccc(C(C)=O)c1C)C(C)C(=O)OC. The molecule has 0 heterocycles. The summed E-state index contributed by atoms with van der Waals surface area (Å²) in [6, 6.07) is 2.90. The Morgan fingerprint density at radius 2 is 1.91 bits per heavy atom. The summed E-state index contributed by atoms with van der Waals surface area (Å²) in [6.45, 7) is 8.77. The van der Waals surface area contributed by atoms with Gasteiger partial charge in [-0.05, 0) is 51.0 Å². The number of hydroxylamine groups is 1. The topological polar surface area (TPSA) is 55.8 Å². The van der Waals surface area contributed by atoms with Gasteiger partial charge in [-0.15, -0.1) is 0 Å². The van der Waals surface area contributed by atoms with E-state index in [1.807, 2.05) is 26.8 Å². The first-order valence-electron chi connectivity index (χ1n) is 7.43. The quantitative estimate of drug-likeness (QED) is 0.342. The summed E-state index contributed by atoms with van der Waals surface area (Å²) in [5, 5.41) is 1.79. The summed E-state index contributed by atoms with van der Waals surface area (Å²) in [7, 11) is 1.32. The van der Waals surface area contributed by atoms with Gasteiger partial charge in [0.05, 0.1) is 12.8 Å². The number of anilines is 1. The average Bonchev–Trinajstić information content (AvgIpc) is 2.51. The van der Waals surface area contributed by atoms with Crippen molar-refractivity contribution in [1.82, 2.24) is 0 Å². The highest BCUT2D eigenvalue weighted by Gasteiger charge is 2.28. The van der Waals surface area contributed by atoms with E-state index in [1.54, 1.807) is 13.0 Å². The van der Waals surface area contributed by atoms with E-state index < -0.39 is 12.0 Å². The fourth-order valence-electron chi connectivity index (χ4n) is 2.31. The van der Waals surface area contributed by atoms with Gasteiger partial charge in [-0.25, -0.2) is 4.79 Å². The second-order valence-electron chi connectivity index (χ2n) is 5.30. The molecule has 0 saturated carbocycles. The number of benzene rings is 1. The number of hydrogen-bond acceptors (Lipinski definition) is 6. The number of methoxy groups -OCH3 is 1. The molecule has 0 aliphatic rings. The van der Waals surface area contributed by atoms with Gasteiger partial charge in [0.2, 0.25) is 0 Å². The van der Waals surface area contributed by atoms with Gasteiger partial charge >= 0.3 is 5.97 Å². The summed E-state index contributed by atoms with van der Waals surface area (Å²) in [5.74, 6) is -0.497. The molecule has 23 heavy (non-hydrogen) atoms. The van der Waals surface area contributed by atoms with E-state index in [2.05, 4.69) is 0 Å². The molecule has 5 nitrogen and oxygen atoms in total. The van der Waals surface area contributed by atoms with Gasteiger partial charge in [0.25, 0.3) is 0 Å². The highest BCUT2D eigenvalue weighted by Crippen LogP contribution is 2.30. The zero-order chi connectivity index (χ0) is 17.7. The number of ether oxygens (including phenoxy) is 1. The fraction of sp³-hybridized carbons (Fsp3) is 0.471. The number of hydrogen-bond donors (Lipinski definition) is 0. The minimum Gasteiger partial charge on any atom is -0.467 e. The van der Waals surface area contributed by atoms with Crippen LogP contribution < -0.4 is 5.06 Å². The van der Waals surface area contributed by atoms with E-state index in [-0.39, 0.29) is 5.78 Å². The van der Waals surface area contributed by atoms with Gasteiger partial charge in [-0.2, -0.15) is 5.06 Å². The third-order valence-electron chi connectivity index (χ3n) is 3.62. The second kappa shape index (κ2) is 8.06. The van der Waals surface area contributed by atoms with Gasteiger partial charge in [0.15, 0.2) is 16.9 Å². The maximum Gasteiger partial charge on any atom is 0.331 e. The molecule has 0 aromatic heterocycles. The van der Waals surface area contributed by atoms with E-state index in [0.717, 1.165) is 11.1 Å². The lowest BCUT2D eigenvalue weighted by Crippen LogP contribution is -2.42. The lowest BCUT2D eigenvalue weighted by atomic mass is 9.99. The van der Waals surface area contributed by atoms with Crippen LogP contribution >= 0.6 is 12.2 Å². The molecule has 1 aromatic carbocycles. The molecule has 0 bridgehead atoms. The summed E-state index contributed by atoms with van der Waals surface area (Å²) in [5.41, 5.74) is 2.86. The molecule has 0 spiro atoms. The van der Waals surface area contributed by atoms with Crippen LogP contribution in [0.25, 0.3) is 0 Å². The lowest BCUT2D eigenvalue weighted by molar-refractivity contribution is -0.143. The lowest BCUT2D eigenvalue weighted by Gasteiger charge is -2.31. The Hall–Kier alpha value is -1.95. The third kappa shape index (κ3) is 4.28. The Morgan fingerprint density at radius 3 is 2.39 bits per heavy atom. The third-order valence-corrected chi connectivity index (χ3v) is 3.98. The van der Waals surface area contributed by atoms with Crippen molar-refractivity contribution in [3.63, 3.8) is 0 Å². The molecule has 1 unspecified atom stereocenters. The van der Waals surface area contributed by atoms with Crippen molar-refractivity contribution in [3.8, 4) is 0 Å². The number of carbonyl (C=O) groups is 2. The highest BCUT2D eigenvalue weighted by atomic mass is 32.1. The molecule has 0 radical (unpaired) electrons. The first kappa shape index (κ1) is 19.1. The summed E-state index contributed by atoms with van der Waals surface area (Å²) >= 11 is 5.16. The van der Waals surface area contributed by atoms with E-state index in [4.69, 9.17) is 21.8 Å². The Bertz CT molecular complexity index is 627. The normalized spacial score (nSPS) is 11.6. The summed E-state index contributed by atoms with van der Waals surface area (Å²) in [4.78, 5) is 29.5. The molecule has 126 valence electrons. The van der Waals surface area contributed by atoms with E-state index in [1.165, 1.54) is 19.1 Å². The molecule has 1 rings (SSSR count). The van der Waals surface area contributed by atoms with Gasteiger partial charge in [0.1, 0.15) is 0 Å². The van der Waals surface area contributed by atoms with Crippen molar-refractivity contribution in [2.45, 2.75) is 47.1 Å². The van der Waals surface area contributed by atoms with Crippen molar-refractivity contribution in [2.24, 2.45) is 0 Å². The predicted molar refractivity (Wildman–Crippen MR) is 93.9 cm³/mol. The van der Waals surface area contributed by atoms with Crippen LogP contribution in [0.2, 0.25) is 0 Å². The minimum absolute atomic E-state index is 0.0486. The van der Waals surface area contributed by atoms with Crippen molar-refractivity contribution >= 4 is 34.7 Å². The molecule has 1 atom stereocenters. The molecule has 0 N–H and O–H groups in total. The molecule has 6 heteroatoms. The summed E-state index contributed by atoms with van der Waals surface area (Å²) < 4.78 is 4.82. The second-order valence-corrected chi connectivity index (χ2v) is 5.76. The Labute approximate surface area is 142 Å². The van der Waals surface area contributed by atoms with E-state index in [9.17, 15) is 9.59 Å². The number of rotatable bonds is 6. The van der Waals surface area contributed by atoms with Crippen LogP contribution in [0.1, 0.15) is 48.7 Å². The van der Waals surface area contributed by atoms with Crippen molar-refractivity contribution in [3.05, 3.63) is 28.8 Å². The molecular weight excluding hydrogens is 314 g/mol. The van der Waals surface area contributed by atoms with Crippen LogP contribution in [-0.2, 0) is 14.4 Å². The zero-order valence-electron chi connectivity index (χ0n) is 14.4. The molecule has 0 saturated heterocycles. The fourth-order valence-corrected chi connectivity index (χ4v) is 2.40. The van der Waals surface area contributed by atoms with Crippen LogP contribution in [-0.4, -0.2) is 30.0 Å². The monoisotopic (exact) mass is 337 g/mol. The van der Waals surface area contributed by atoms with Gasteiger partial charge < -0.3 is 9.57 Å². The number of aryl methyl sites for hydroxylation is 1. The molecule has 1 aromatic rings.